The van der Waals surface area contributed by atoms with Crippen molar-refractivity contribution >= 4 is 11.6 Å². The van der Waals surface area contributed by atoms with E-state index in [0.717, 1.165) is 11.3 Å². The van der Waals surface area contributed by atoms with Gasteiger partial charge in [-0.1, -0.05) is 24.3 Å². The number of carbonyl (C=O) groups excluding carboxylic acids is 1. The number of nitrogens with zero attached hydrogens (tertiary/aromatic N) is 2. The number of ether oxygens (including phenoxy) is 2. The summed E-state index contributed by atoms with van der Waals surface area (Å²) in [5.41, 5.74) is 3.25. The number of amides is 1. The van der Waals surface area contributed by atoms with Gasteiger partial charge in [0.1, 0.15) is 23.0 Å². The van der Waals surface area contributed by atoms with E-state index < -0.39 is 11.7 Å². The van der Waals surface area contributed by atoms with Crippen LogP contribution in [0.3, 0.4) is 0 Å². The minimum absolute atomic E-state index is 0.309. The fraction of sp³-hybridized carbons (Fsp3) is 0.120. The second kappa shape index (κ2) is 8.93. The Morgan fingerprint density at radius 3 is 2.50 bits per heavy atom. The lowest BCUT2D eigenvalue weighted by atomic mass is 10.1. The molecule has 6 nitrogen and oxygen atoms in total. The van der Waals surface area contributed by atoms with Crippen LogP contribution in [0, 0.1) is 12.7 Å². The summed E-state index contributed by atoms with van der Waals surface area (Å²) in [7, 11) is 3.11. The number of nitrogens with one attached hydrogen (secondary N) is 1. The summed E-state index contributed by atoms with van der Waals surface area (Å²) in [6.45, 7) is 1.80. The fourth-order valence-electron chi connectivity index (χ4n) is 3.37. The SMILES string of the molecule is COc1ccc(OC)c(-c2nn(-c3ccccc3)cc2C(=O)Nc2cc(F)ccc2C)c1. The quantitative estimate of drug-likeness (QED) is 0.453. The molecular formula is C25H22FN3O3. The summed E-state index contributed by atoms with van der Waals surface area (Å²) in [4.78, 5) is 13.3. The Kier molecular flexibility index (Phi) is 5.89. The van der Waals surface area contributed by atoms with Crippen molar-refractivity contribution in [3.8, 4) is 28.4 Å². The largest absolute Gasteiger partial charge is 0.497 e. The maximum Gasteiger partial charge on any atom is 0.259 e. The van der Waals surface area contributed by atoms with Gasteiger partial charge in [0.15, 0.2) is 0 Å². The molecule has 0 bridgehead atoms. The summed E-state index contributed by atoms with van der Waals surface area (Å²) in [5, 5.41) is 7.49. The zero-order valence-electron chi connectivity index (χ0n) is 17.9. The number of para-hydroxylation sites is 1. The lowest BCUT2D eigenvalue weighted by Gasteiger charge is -2.11. The summed E-state index contributed by atoms with van der Waals surface area (Å²) < 4.78 is 26.3. The number of hydrogen-bond acceptors (Lipinski definition) is 4. The lowest BCUT2D eigenvalue weighted by molar-refractivity contribution is 0.102. The van der Waals surface area contributed by atoms with E-state index in [4.69, 9.17) is 9.47 Å². The Bertz CT molecular complexity index is 1270. The maximum atomic E-state index is 13.8. The van der Waals surface area contributed by atoms with Crippen molar-refractivity contribution in [2.75, 3.05) is 19.5 Å². The molecule has 0 radical (unpaired) electrons. The molecule has 1 amide bonds. The van der Waals surface area contributed by atoms with Gasteiger partial charge in [-0.3, -0.25) is 4.79 Å². The van der Waals surface area contributed by atoms with Gasteiger partial charge < -0.3 is 14.8 Å². The molecule has 4 rings (SSSR count). The number of halogens is 1. The average molecular weight is 431 g/mol. The van der Waals surface area contributed by atoms with Gasteiger partial charge in [0.2, 0.25) is 0 Å². The molecule has 0 spiro atoms. The van der Waals surface area contributed by atoms with E-state index in [2.05, 4.69) is 10.4 Å². The molecule has 0 aliphatic heterocycles. The van der Waals surface area contributed by atoms with Crippen LogP contribution in [-0.2, 0) is 0 Å². The molecule has 3 aromatic carbocycles. The van der Waals surface area contributed by atoms with Crippen LogP contribution in [0.25, 0.3) is 16.9 Å². The van der Waals surface area contributed by atoms with Crippen LogP contribution in [0.5, 0.6) is 11.5 Å². The van der Waals surface area contributed by atoms with Crippen LogP contribution in [0.4, 0.5) is 10.1 Å². The van der Waals surface area contributed by atoms with Gasteiger partial charge in [-0.15, -0.1) is 0 Å². The molecule has 0 aliphatic carbocycles. The predicted molar refractivity (Wildman–Crippen MR) is 121 cm³/mol. The predicted octanol–water partition coefficient (Wildman–Crippen LogP) is 5.26. The standard InChI is InChI=1S/C25H22FN3O3/c1-16-9-10-17(26)13-22(16)27-25(30)21-15-29(18-7-5-4-6-8-18)28-24(21)20-14-19(31-2)11-12-23(20)32-3/h4-15H,1-3H3,(H,27,30). The highest BCUT2D eigenvalue weighted by Crippen LogP contribution is 2.35. The molecule has 1 aromatic heterocycles. The second-order valence-electron chi connectivity index (χ2n) is 7.15. The average Bonchev–Trinajstić information content (AvgIpc) is 3.27. The Hall–Kier alpha value is -4.13. The third-order valence-electron chi connectivity index (χ3n) is 5.09. The summed E-state index contributed by atoms with van der Waals surface area (Å²) in [5.74, 6) is 0.295. The molecule has 0 saturated heterocycles. The van der Waals surface area contributed by atoms with Crippen molar-refractivity contribution in [1.29, 1.82) is 0 Å². The first-order valence-electron chi connectivity index (χ1n) is 9.95. The van der Waals surface area contributed by atoms with Crippen molar-refractivity contribution in [2.45, 2.75) is 6.92 Å². The third-order valence-corrected chi connectivity index (χ3v) is 5.09. The van der Waals surface area contributed by atoms with E-state index >= 15 is 0 Å². The zero-order valence-corrected chi connectivity index (χ0v) is 17.9. The van der Waals surface area contributed by atoms with Gasteiger partial charge in [-0.25, -0.2) is 9.07 Å². The molecule has 0 fully saturated rings. The van der Waals surface area contributed by atoms with Gasteiger partial charge in [0.05, 0.1) is 25.5 Å². The number of benzene rings is 3. The minimum atomic E-state index is -0.430. The number of aryl methyl sites for hydroxylation is 1. The number of aromatic nitrogens is 2. The Morgan fingerprint density at radius 1 is 1.00 bits per heavy atom. The van der Waals surface area contributed by atoms with Gasteiger partial charge in [-0.2, -0.15) is 5.10 Å². The molecule has 32 heavy (non-hydrogen) atoms. The Labute approximate surface area is 185 Å². The monoisotopic (exact) mass is 431 g/mol. The van der Waals surface area contributed by atoms with Crippen molar-refractivity contribution < 1.29 is 18.7 Å². The first-order chi connectivity index (χ1) is 15.5. The maximum absolute atomic E-state index is 13.8. The normalized spacial score (nSPS) is 10.6. The van der Waals surface area contributed by atoms with Gasteiger partial charge in [0.25, 0.3) is 5.91 Å². The smallest absolute Gasteiger partial charge is 0.259 e. The lowest BCUT2D eigenvalue weighted by Crippen LogP contribution is -2.13. The number of anilines is 1. The molecule has 0 aliphatic rings. The Balaban J connectivity index is 1.85. The van der Waals surface area contributed by atoms with Crippen LogP contribution < -0.4 is 14.8 Å². The number of carbonyl (C=O) groups is 1. The van der Waals surface area contributed by atoms with Crippen LogP contribution in [0.1, 0.15) is 15.9 Å². The van der Waals surface area contributed by atoms with Crippen molar-refractivity contribution in [3.05, 3.63) is 89.9 Å². The first kappa shape index (κ1) is 21.1. The Morgan fingerprint density at radius 2 is 1.78 bits per heavy atom. The molecule has 0 unspecified atom stereocenters. The van der Waals surface area contributed by atoms with E-state index in [1.54, 1.807) is 56.3 Å². The summed E-state index contributed by atoms with van der Waals surface area (Å²) in [6, 6.07) is 19.0. The third kappa shape index (κ3) is 4.18. The zero-order chi connectivity index (χ0) is 22.7. The number of methoxy groups -OCH3 is 2. The van der Waals surface area contributed by atoms with E-state index in [0.29, 0.717) is 34.0 Å². The molecule has 7 heteroatoms. The molecule has 0 atom stereocenters. The number of hydrogen-bond donors (Lipinski definition) is 1. The highest BCUT2D eigenvalue weighted by molar-refractivity contribution is 6.08. The first-order valence-corrected chi connectivity index (χ1v) is 9.95. The summed E-state index contributed by atoms with van der Waals surface area (Å²) in [6.07, 6.45) is 1.65. The van der Waals surface area contributed by atoms with E-state index in [-0.39, 0.29) is 0 Å². The van der Waals surface area contributed by atoms with Crippen molar-refractivity contribution in [2.24, 2.45) is 0 Å². The van der Waals surface area contributed by atoms with Crippen LogP contribution in [-0.4, -0.2) is 29.9 Å². The van der Waals surface area contributed by atoms with Gasteiger partial charge in [-0.05, 0) is 55.0 Å². The molecule has 162 valence electrons. The van der Waals surface area contributed by atoms with E-state index in [1.165, 1.54) is 12.1 Å². The molecule has 1 heterocycles. The van der Waals surface area contributed by atoms with E-state index in [1.807, 2.05) is 30.3 Å². The van der Waals surface area contributed by atoms with Gasteiger partial charge in [0, 0.05) is 17.4 Å². The van der Waals surface area contributed by atoms with Crippen LogP contribution >= 0.6 is 0 Å². The van der Waals surface area contributed by atoms with E-state index in [9.17, 15) is 9.18 Å². The summed E-state index contributed by atoms with van der Waals surface area (Å²) >= 11 is 0. The molecule has 0 saturated carbocycles. The fourth-order valence-corrected chi connectivity index (χ4v) is 3.37. The van der Waals surface area contributed by atoms with Crippen LogP contribution in [0.15, 0.2) is 72.9 Å². The van der Waals surface area contributed by atoms with Crippen molar-refractivity contribution in [1.82, 2.24) is 9.78 Å². The topological polar surface area (TPSA) is 65.4 Å². The molecular weight excluding hydrogens is 409 g/mol. The van der Waals surface area contributed by atoms with Gasteiger partial charge >= 0.3 is 0 Å². The molecule has 4 aromatic rings. The number of rotatable bonds is 6. The van der Waals surface area contributed by atoms with Crippen molar-refractivity contribution in [3.63, 3.8) is 0 Å². The highest BCUT2D eigenvalue weighted by Gasteiger charge is 2.22. The van der Waals surface area contributed by atoms with Crippen LogP contribution in [0.2, 0.25) is 0 Å². The minimum Gasteiger partial charge on any atom is -0.497 e. The highest BCUT2D eigenvalue weighted by atomic mass is 19.1. The molecule has 1 N–H and O–H groups in total. The second-order valence-corrected chi connectivity index (χ2v) is 7.15.